The zero-order chi connectivity index (χ0) is 25.5. The van der Waals surface area contributed by atoms with Crippen LogP contribution < -0.4 is 10.2 Å². The van der Waals surface area contributed by atoms with Gasteiger partial charge in [0.05, 0.1) is 29.2 Å². The molecule has 0 spiro atoms. The van der Waals surface area contributed by atoms with Crippen molar-refractivity contribution in [3.63, 3.8) is 0 Å². The Bertz CT molecular complexity index is 1180. The Morgan fingerprint density at radius 3 is 2.19 bits per heavy atom. The number of hydrogen-bond acceptors (Lipinski definition) is 5. The van der Waals surface area contributed by atoms with E-state index in [4.69, 9.17) is 0 Å². The summed E-state index contributed by atoms with van der Waals surface area (Å²) in [7, 11) is 0. The Morgan fingerprint density at radius 2 is 1.53 bits per heavy atom. The smallest absolute Gasteiger partial charge is 0.365 e. The molecular formula is C26H26F3N5O2. The van der Waals surface area contributed by atoms with Crippen molar-refractivity contribution >= 4 is 17.5 Å². The normalized spacial score (nSPS) is 14.0. The largest absolute Gasteiger partial charge is 0.417 e. The highest BCUT2D eigenvalue weighted by Crippen LogP contribution is 2.32. The zero-order valence-electron chi connectivity index (χ0n) is 19.5. The summed E-state index contributed by atoms with van der Waals surface area (Å²) in [4.78, 5) is 36.7. The third-order valence-corrected chi connectivity index (χ3v) is 6.01. The van der Waals surface area contributed by atoms with E-state index in [-0.39, 0.29) is 30.4 Å². The van der Waals surface area contributed by atoms with Crippen LogP contribution in [-0.2, 0) is 12.6 Å². The first-order valence-electron chi connectivity index (χ1n) is 11.7. The van der Waals surface area contributed by atoms with E-state index in [1.54, 1.807) is 12.4 Å². The molecule has 0 saturated carbocycles. The zero-order valence-corrected chi connectivity index (χ0v) is 19.5. The summed E-state index contributed by atoms with van der Waals surface area (Å²) in [5.41, 5.74) is 0.609. The number of amides is 2. The van der Waals surface area contributed by atoms with Gasteiger partial charge in [0.1, 0.15) is 0 Å². The van der Waals surface area contributed by atoms with Crippen LogP contribution in [0.2, 0.25) is 0 Å². The van der Waals surface area contributed by atoms with Gasteiger partial charge >= 0.3 is 6.18 Å². The molecule has 7 nitrogen and oxygen atoms in total. The van der Waals surface area contributed by atoms with Gasteiger partial charge < -0.3 is 15.1 Å². The van der Waals surface area contributed by atoms with Gasteiger partial charge in [-0.3, -0.25) is 9.59 Å². The average molecular weight is 498 g/mol. The predicted octanol–water partition coefficient (Wildman–Crippen LogP) is 3.82. The van der Waals surface area contributed by atoms with Gasteiger partial charge in [0.25, 0.3) is 11.8 Å². The summed E-state index contributed by atoms with van der Waals surface area (Å²) in [5, 5.41) is 2.82. The van der Waals surface area contributed by atoms with Crippen LogP contribution in [0.3, 0.4) is 0 Å². The van der Waals surface area contributed by atoms with Crippen molar-refractivity contribution < 1.29 is 22.8 Å². The highest BCUT2D eigenvalue weighted by atomic mass is 19.4. The molecule has 1 N–H and O–H groups in total. The third kappa shape index (κ3) is 6.18. The monoisotopic (exact) mass is 497 g/mol. The summed E-state index contributed by atoms with van der Waals surface area (Å²) in [6, 6.07) is 14.8. The highest BCUT2D eigenvalue weighted by molar-refractivity contribution is 5.96. The topological polar surface area (TPSA) is 78.4 Å². The van der Waals surface area contributed by atoms with E-state index in [2.05, 4.69) is 15.3 Å². The number of nitrogens with one attached hydrogen (secondary N) is 1. The fraction of sp³-hybridized carbons (Fsp3) is 0.308. The second-order valence-corrected chi connectivity index (χ2v) is 8.43. The van der Waals surface area contributed by atoms with Gasteiger partial charge in [-0.05, 0) is 30.5 Å². The van der Waals surface area contributed by atoms with Crippen molar-refractivity contribution in [2.24, 2.45) is 0 Å². The number of aromatic nitrogens is 2. The lowest BCUT2D eigenvalue weighted by Crippen LogP contribution is -2.49. The molecule has 3 aromatic rings. The summed E-state index contributed by atoms with van der Waals surface area (Å²) < 4.78 is 39.9. The molecule has 0 bridgehead atoms. The van der Waals surface area contributed by atoms with E-state index in [1.165, 1.54) is 28.7 Å². The standard InChI is InChI=1S/C26H26F3N5O2/c27-26(28,29)22-11-5-4-10-21(22)25(36)34-15-13-33(14-16-34)20-17-31-23(32-18-20)24(35)30-12-6-9-19-7-2-1-3-8-19/h1-5,7-8,10-11,17-18H,6,9,12-16H2,(H,30,35). The van der Waals surface area contributed by atoms with Crippen LogP contribution in [-0.4, -0.2) is 59.4 Å². The number of piperazine rings is 1. The van der Waals surface area contributed by atoms with E-state index < -0.39 is 17.6 Å². The molecule has 1 aliphatic rings. The van der Waals surface area contributed by atoms with E-state index in [9.17, 15) is 22.8 Å². The Labute approximate surface area is 207 Å². The van der Waals surface area contributed by atoms with E-state index in [1.807, 2.05) is 35.2 Å². The lowest BCUT2D eigenvalue weighted by atomic mass is 10.1. The number of halogens is 3. The molecule has 0 unspecified atom stereocenters. The SMILES string of the molecule is O=C(NCCCc1ccccc1)c1ncc(N2CCN(C(=O)c3ccccc3C(F)(F)F)CC2)cn1. The minimum atomic E-state index is -4.60. The number of alkyl halides is 3. The van der Waals surface area contributed by atoms with Crippen molar-refractivity contribution in [2.45, 2.75) is 19.0 Å². The summed E-state index contributed by atoms with van der Waals surface area (Å²) in [6.07, 6.45) is 0.146. The van der Waals surface area contributed by atoms with Gasteiger partial charge in [0, 0.05) is 32.7 Å². The first kappa shape index (κ1) is 25.2. The van der Waals surface area contributed by atoms with Crippen LogP contribution >= 0.6 is 0 Å². The van der Waals surface area contributed by atoms with Crippen LogP contribution in [0.25, 0.3) is 0 Å². The molecule has 4 rings (SSSR count). The Balaban J connectivity index is 1.27. The molecule has 0 aliphatic carbocycles. The van der Waals surface area contributed by atoms with Crippen molar-refractivity contribution in [3.8, 4) is 0 Å². The number of rotatable bonds is 7. The molecule has 188 valence electrons. The number of aryl methyl sites for hydroxylation is 1. The molecule has 1 aliphatic heterocycles. The maximum Gasteiger partial charge on any atom is 0.417 e. The van der Waals surface area contributed by atoms with Crippen molar-refractivity contribution in [2.75, 3.05) is 37.6 Å². The molecule has 36 heavy (non-hydrogen) atoms. The maximum absolute atomic E-state index is 13.3. The molecule has 2 heterocycles. The van der Waals surface area contributed by atoms with Gasteiger partial charge in [0.2, 0.25) is 5.82 Å². The predicted molar refractivity (Wildman–Crippen MR) is 129 cm³/mol. The van der Waals surface area contributed by atoms with Gasteiger partial charge in [0.15, 0.2) is 0 Å². The molecule has 0 atom stereocenters. The summed E-state index contributed by atoms with van der Waals surface area (Å²) in [5.74, 6) is -0.928. The first-order chi connectivity index (χ1) is 17.3. The molecule has 1 fully saturated rings. The number of benzene rings is 2. The van der Waals surface area contributed by atoms with Crippen molar-refractivity contribution in [1.29, 1.82) is 0 Å². The van der Waals surface area contributed by atoms with Crippen LogP contribution in [0.4, 0.5) is 18.9 Å². The average Bonchev–Trinajstić information content (AvgIpc) is 2.91. The van der Waals surface area contributed by atoms with Crippen LogP contribution in [0.15, 0.2) is 67.0 Å². The highest BCUT2D eigenvalue weighted by Gasteiger charge is 2.36. The Kier molecular flexibility index (Phi) is 7.82. The number of hydrogen-bond donors (Lipinski definition) is 1. The second-order valence-electron chi connectivity index (χ2n) is 8.43. The van der Waals surface area contributed by atoms with Crippen LogP contribution in [0.5, 0.6) is 0 Å². The number of carbonyl (C=O) groups excluding carboxylic acids is 2. The van der Waals surface area contributed by atoms with Gasteiger partial charge in [-0.25, -0.2) is 9.97 Å². The molecule has 1 aromatic heterocycles. The van der Waals surface area contributed by atoms with E-state index in [0.717, 1.165) is 18.9 Å². The minimum absolute atomic E-state index is 0.0658. The van der Waals surface area contributed by atoms with Gasteiger partial charge in [-0.2, -0.15) is 13.2 Å². The summed E-state index contributed by atoms with van der Waals surface area (Å²) in [6.45, 7) is 1.85. The van der Waals surface area contributed by atoms with Gasteiger partial charge in [-0.15, -0.1) is 0 Å². The number of nitrogens with zero attached hydrogens (tertiary/aromatic N) is 4. The molecular weight excluding hydrogens is 471 g/mol. The maximum atomic E-state index is 13.3. The van der Waals surface area contributed by atoms with Crippen molar-refractivity contribution in [3.05, 3.63) is 89.5 Å². The minimum Gasteiger partial charge on any atom is -0.365 e. The molecule has 2 aromatic carbocycles. The lowest BCUT2D eigenvalue weighted by Gasteiger charge is -2.36. The van der Waals surface area contributed by atoms with Gasteiger partial charge in [-0.1, -0.05) is 42.5 Å². The third-order valence-electron chi connectivity index (χ3n) is 6.01. The fourth-order valence-electron chi connectivity index (χ4n) is 4.07. The fourth-order valence-corrected chi connectivity index (χ4v) is 4.07. The summed E-state index contributed by atoms with van der Waals surface area (Å²) >= 11 is 0. The molecule has 10 heteroatoms. The Morgan fingerprint density at radius 1 is 0.889 bits per heavy atom. The quantitative estimate of drug-likeness (QED) is 0.502. The molecule has 0 radical (unpaired) electrons. The lowest BCUT2D eigenvalue weighted by molar-refractivity contribution is -0.138. The molecule has 2 amide bonds. The molecule has 1 saturated heterocycles. The number of anilines is 1. The Hall–Kier alpha value is -3.95. The number of carbonyl (C=O) groups is 2. The first-order valence-corrected chi connectivity index (χ1v) is 11.7. The van der Waals surface area contributed by atoms with E-state index in [0.29, 0.717) is 25.3 Å². The second kappa shape index (κ2) is 11.2. The van der Waals surface area contributed by atoms with Crippen LogP contribution in [0.1, 0.15) is 38.5 Å². The van der Waals surface area contributed by atoms with Crippen molar-refractivity contribution in [1.82, 2.24) is 20.2 Å². The van der Waals surface area contributed by atoms with Crippen LogP contribution in [0, 0.1) is 0 Å². The van der Waals surface area contributed by atoms with E-state index >= 15 is 0 Å².